The fourth-order valence-electron chi connectivity index (χ4n) is 3.49. The van der Waals surface area contributed by atoms with Crippen LogP contribution in [0.5, 0.6) is 0 Å². The lowest BCUT2D eigenvalue weighted by molar-refractivity contribution is -0.120. The van der Waals surface area contributed by atoms with Gasteiger partial charge in [0.25, 0.3) is 0 Å². The molecule has 0 saturated heterocycles. The first kappa shape index (κ1) is 12.3. The zero-order chi connectivity index (χ0) is 14.6. The molecule has 21 heavy (non-hydrogen) atoms. The molecule has 0 bridgehead atoms. The molecule has 1 aliphatic heterocycles. The second-order valence-corrected chi connectivity index (χ2v) is 5.85. The Morgan fingerprint density at radius 2 is 2.05 bits per heavy atom. The fraction of sp³-hybridized carbons (Fsp3) is 0.235. The number of aromatic nitrogens is 1. The van der Waals surface area contributed by atoms with E-state index in [4.69, 9.17) is 0 Å². The highest BCUT2D eigenvalue weighted by atomic mass is 16.2. The number of hydrogen-bond acceptors (Lipinski definition) is 3. The molecule has 104 valence electrons. The third kappa shape index (κ3) is 1.59. The van der Waals surface area contributed by atoms with Gasteiger partial charge in [-0.2, -0.15) is 0 Å². The minimum atomic E-state index is -0.554. The van der Waals surface area contributed by atoms with Crippen molar-refractivity contribution < 1.29 is 9.59 Å². The highest BCUT2D eigenvalue weighted by Gasteiger charge is 2.50. The van der Waals surface area contributed by atoms with Gasteiger partial charge in [0.2, 0.25) is 5.91 Å². The summed E-state index contributed by atoms with van der Waals surface area (Å²) in [6, 6.07) is 7.58. The van der Waals surface area contributed by atoms with E-state index in [1.165, 1.54) is 0 Å². The van der Waals surface area contributed by atoms with E-state index < -0.39 is 5.41 Å². The molecule has 2 heterocycles. The lowest BCUT2D eigenvalue weighted by Gasteiger charge is -2.20. The Morgan fingerprint density at radius 1 is 1.24 bits per heavy atom. The number of anilines is 1. The molecule has 1 atom stereocenters. The Bertz CT molecular complexity index is 797. The summed E-state index contributed by atoms with van der Waals surface area (Å²) in [4.78, 5) is 28.2. The number of carbonyl (C=O) groups excluding carboxylic acids is 2. The number of hydrogen-bond donors (Lipinski definition) is 1. The predicted molar refractivity (Wildman–Crippen MR) is 78.4 cm³/mol. The number of benzene rings is 1. The molecule has 1 aromatic heterocycles. The summed E-state index contributed by atoms with van der Waals surface area (Å²) >= 11 is 0. The van der Waals surface area contributed by atoms with E-state index in [2.05, 4.69) is 10.3 Å². The summed E-state index contributed by atoms with van der Waals surface area (Å²) in [5.74, 6) is 0.0859. The molecule has 1 N–H and O–H groups in total. The van der Waals surface area contributed by atoms with E-state index in [1.807, 2.05) is 24.3 Å². The lowest BCUT2D eigenvalue weighted by atomic mass is 9.79. The summed E-state index contributed by atoms with van der Waals surface area (Å²) in [6.45, 7) is 1.56. The molecular weight excluding hydrogens is 264 g/mol. The minimum absolute atomic E-state index is 0.0334. The Morgan fingerprint density at radius 3 is 2.86 bits per heavy atom. The van der Waals surface area contributed by atoms with Crippen LogP contribution in [0.25, 0.3) is 0 Å². The standard InChI is InChI=1S/C17H14N2O2/c1-10(20)11-2-3-12-7-17(8-13(12)6-11)14-9-18-5-4-15(14)19-16(17)21/h2-6,9H,7-8H2,1H3,(H,19,21). The van der Waals surface area contributed by atoms with Gasteiger partial charge in [-0.15, -0.1) is 0 Å². The summed E-state index contributed by atoms with van der Waals surface area (Å²) in [7, 11) is 0. The predicted octanol–water partition coefficient (Wildman–Crippen LogP) is 2.27. The molecule has 1 amide bonds. The Kier molecular flexibility index (Phi) is 2.34. The largest absolute Gasteiger partial charge is 0.325 e. The lowest BCUT2D eigenvalue weighted by Crippen LogP contribution is -2.35. The highest BCUT2D eigenvalue weighted by molar-refractivity contribution is 6.07. The molecule has 2 aliphatic rings. The maximum atomic E-state index is 12.5. The number of nitrogens with zero attached hydrogens (tertiary/aromatic N) is 1. The van der Waals surface area contributed by atoms with E-state index in [0.29, 0.717) is 18.4 Å². The molecule has 4 heteroatoms. The second kappa shape index (κ2) is 4.01. The number of nitrogens with one attached hydrogen (secondary N) is 1. The van der Waals surface area contributed by atoms with Gasteiger partial charge in [-0.1, -0.05) is 12.1 Å². The van der Waals surface area contributed by atoms with Gasteiger partial charge in [0.05, 0.1) is 5.41 Å². The molecule has 1 aromatic carbocycles. The van der Waals surface area contributed by atoms with Gasteiger partial charge in [-0.25, -0.2) is 0 Å². The topological polar surface area (TPSA) is 59.1 Å². The smallest absolute Gasteiger partial charge is 0.235 e. The third-order valence-electron chi connectivity index (χ3n) is 4.62. The molecule has 0 saturated carbocycles. The number of pyridine rings is 1. The van der Waals surface area contributed by atoms with Crippen LogP contribution in [0.2, 0.25) is 0 Å². The molecule has 0 radical (unpaired) electrons. The highest BCUT2D eigenvalue weighted by Crippen LogP contribution is 2.46. The van der Waals surface area contributed by atoms with E-state index in [-0.39, 0.29) is 11.7 Å². The van der Waals surface area contributed by atoms with Gasteiger partial charge in [0.15, 0.2) is 5.78 Å². The molecule has 1 aliphatic carbocycles. The van der Waals surface area contributed by atoms with Crippen molar-refractivity contribution in [2.24, 2.45) is 0 Å². The zero-order valence-electron chi connectivity index (χ0n) is 11.6. The minimum Gasteiger partial charge on any atom is -0.325 e. The van der Waals surface area contributed by atoms with Gasteiger partial charge in [-0.05, 0) is 43.0 Å². The van der Waals surface area contributed by atoms with Crippen molar-refractivity contribution in [2.45, 2.75) is 25.2 Å². The van der Waals surface area contributed by atoms with Crippen LogP contribution in [0.4, 0.5) is 5.69 Å². The Balaban J connectivity index is 1.83. The van der Waals surface area contributed by atoms with Crippen LogP contribution in [0.1, 0.15) is 34.0 Å². The normalized spacial score (nSPS) is 22.0. The molecular formula is C17H14N2O2. The van der Waals surface area contributed by atoms with Crippen LogP contribution in [0, 0.1) is 0 Å². The summed E-state index contributed by atoms with van der Waals surface area (Å²) in [5, 5.41) is 2.96. The van der Waals surface area contributed by atoms with Crippen molar-refractivity contribution in [1.82, 2.24) is 4.98 Å². The molecule has 2 aromatic rings. The van der Waals surface area contributed by atoms with Crippen molar-refractivity contribution in [1.29, 1.82) is 0 Å². The maximum absolute atomic E-state index is 12.5. The number of fused-ring (bicyclic) bond motifs is 3. The average Bonchev–Trinajstić information content (AvgIpc) is 2.98. The monoisotopic (exact) mass is 278 g/mol. The average molecular weight is 278 g/mol. The number of amides is 1. The molecule has 4 rings (SSSR count). The van der Waals surface area contributed by atoms with Crippen LogP contribution in [0.3, 0.4) is 0 Å². The quantitative estimate of drug-likeness (QED) is 0.814. The van der Waals surface area contributed by atoms with Crippen LogP contribution in [-0.2, 0) is 23.1 Å². The second-order valence-electron chi connectivity index (χ2n) is 5.85. The van der Waals surface area contributed by atoms with Crippen molar-refractivity contribution in [3.05, 3.63) is 58.9 Å². The first-order valence-electron chi connectivity index (χ1n) is 6.99. The first-order chi connectivity index (χ1) is 10.1. The Hall–Kier alpha value is -2.49. The van der Waals surface area contributed by atoms with E-state index >= 15 is 0 Å². The van der Waals surface area contributed by atoms with Gasteiger partial charge in [0, 0.05) is 29.2 Å². The van der Waals surface area contributed by atoms with Crippen LogP contribution in [-0.4, -0.2) is 16.7 Å². The van der Waals surface area contributed by atoms with Gasteiger partial charge in [-0.3, -0.25) is 14.6 Å². The summed E-state index contributed by atoms with van der Waals surface area (Å²) in [6.07, 6.45) is 4.78. The zero-order valence-corrected chi connectivity index (χ0v) is 11.6. The third-order valence-corrected chi connectivity index (χ3v) is 4.62. The summed E-state index contributed by atoms with van der Waals surface area (Å²) in [5.41, 5.74) is 4.21. The maximum Gasteiger partial charge on any atom is 0.235 e. The van der Waals surface area contributed by atoms with E-state index in [9.17, 15) is 9.59 Å². The van der Waals surface area contributed by atoms with E-state index in [1.54, 1.807) is 19.3 Å². The summed E-state index contributed by atoms with van der Waals surface area (Å²) < 4.78 is 0. The van der Waals surface area contributed by atoms with Crippen LogP contribution >= 0.6 is 0 Å². The van der Waals surface area contributed by atoms with E-state index in [0.717, 1.165) is 22.4 Å². The van der Waals surface area contributed by atoms with Crippen molar-refractivity contribution in [3.63, 3.8) is 0 Å². The number of ketones is 1. The molecule has 1 unspecified atom stereocenters. The number of Topliss-reactive ketones (excluding diaryl/α,β-unsaturated/α-hetero) is 1. The van der Waals surface area contributed by atoms with Crippen molar-refractivity contribution >= 4 is 17.4 Å². The van der Waals surface area contributed by atoms with Gasteiger partial charge < -0.3 is 5.32 Å². The Labute approximate surface area is 122 Å². The van der Waals surface area contributed by atoms with Gasteiger partial charge >= 0.3 is 0 Å². The van der Waals surface area contributed by atoms with Crippen LogP contribution in [0.15, 0.2) is 36.7 Å². The van der Waals surface area contributed by atoms with Crippen molar-refractivity contribution in [2.75, 3.05) is 5.32 Å². The fourth-order valence-corrected chi connectivity index (χ4v) is 3.49. The molecule has 1 spiro atoms. The molecule has 0 fully saturated rings. The van der Waals surface area contributed by atoms with Crippen LogP contribution < -0.4 is 5.32 Å². The first-order valence-corrected chi connectivity index (χ1v) is 6.99. The van der Waals surface area contributed by atoms with Gasteiger partial charge in [0.1, 0.15) is 0 Å². The number of carbonyl (C=O) groups is 2. The number of rotatable bonds is 1. The SMILES string of the molecule is CC(=O)c1ccc2c(c1)CC1(C2)C(=O)Nc2ccncc21. The van der Waals surface area contributed by atoms with Crippen molar-refractivity contribution in [3.8, 4) is 0 Å². The molecule has 4 nitrogen and oxygen atoms in total.